The number of ether oxygens (including phenoxy) is 4. The van der Waals surface area contributed by atoms with E-state index in [1.165, 1.54) is 66.8 Å². The summed E-state index contributed by atoms with van der Waals surface area (Å²) in [4.78, 5) is 0. The molecule has 4 heteroatoms. The Morgan fingerprint density at radius 2 is 0.565 bits per heavy atom. The molecule has 8 bridgehead atoms. The van der Waals surface area contributed by atoms with E-state index in [-0.39, 0.29) is 0 Å². The number of allylic oxidation sites excluding steroid dienone is 4. The van der Waals surface area contributed by atoms with Crippen LogP contribution in [0.25, 0.3) is 22.3 Å². The summed E-state index contributed by atoms with van der Waals surface area (Å²) in [7, 11) is 7.04. The average Bonchev–Trinajstić information content (AvgIpc) is 3.09. The van der Waals surface area contributed by atoms with E-state index in [4.69, 9.17) is 18.9 Å². The highest BCUT2D eigenvalue weighted by Crippen LogP contribution is 2.35. The minimum Gasteiger partial charge on any atom is -0.496 e. The topological polar surface area (TPSA) is 36.9 Å². The predicted molar refractivity (Wildman–Crippen MR) is 192 cm³/mol. The molecule has 240 valence electrons. The first kappa shape index (κ1) is 32.9. The van der Waals surface area contributed by atoms with Gasteiger partial charge in [-0.1, -0.05) is 24.3 Å². The Bertz CT molecular complexity index is 1520. The van der Waals surface area contributed by atoms with Gasteiger partial charge in [0.2, 0.25) is 0 Å². The molecule has 0 heterocycles. The number of rotatable bonds is 4. The lowest BCUT2D eigenvalue weighted by Gasteiger charge is -2.17. The van der Waals surface area contributed by atoms with Crippen molar-refractivity contribution in [2.75, 3.05) is 28.4 Å². The Kier molecular flexibility index (Phi) is 10.6. The predicted octanol–water partition coefficient (Wildman–Crippen LogP) is 10.3. The molecule has 0 spiro atoms. The molecule has 4 aromatic rings. The quantitative estimate of drug-likeness (QED) is 0.229. The fourth-order valence-electron chi connectivity index (χ4n) is 6.63. The fourth-order valence-corrected chi connectivity index (χ4v) is 6.63. The summed E-state index contributed by atoms with van der Waals surface area (Å²) in [6, 6.07) is 26.4. The molecule has 1 aliphatic carbocycles. The second-order valence-corrected chi connectivity index (χ2v) is 12.3. The van der Waals surface area contributed by atoms with E-state index in [9.17, 15) is 0 Å². The van der Waals surface area contributed by atoms with E-state index >= 15 is 0 Å². The van der Waals surface area contributed by atoms with Crippen molar-refractivity contribution in [3.8, 4) is 23.0 Å². The highest BCUT2D eigenvalue weighted by atomic mass is 16.5. The summed E-state index contributed by atoms with van der Waals surface area (Å²) in [6.45, 7) is 8.88. The van der Waals surface area contributed by atoms with Gasteiger partial charge in [0.1, 0.15) is 23.0 Å². The van der Waals surface area contributed by atoms with E-state index in [2.05, 4.69) is 100 Å². The van der Waals surface area contributed by atoms with Gasteiger partial charge in [-0.3, -0.25) is 0 Å². The monoisotopic (exact) mass is 616 g/mol. The number of aryl methyl sites for hydroxylation is 4. The Hall–Kier alpha value is -4.44. The molecule has 46 heavy (non-hydrogen) atoms. The van der Waals surface area contributed by atoms with Crippen molar-refractivity contribution >= 4 is 22.3 Å². The molecule has 4 nitrogen and oxygen atoms in total. The summed E-state index contributed by atoms with van der Waals surface area (Å²) >= 11 is 0. The van der Waals surface area contributed by atoms with Crippen LogP contribution in [0.15, 0.2) is 72.8 Å². The van der Waals surface area contributed by atoms with Gasteiger partial charge >= 0.3 is 0 Å². The van der Waals surface area contributed by atoms with Crippen LogP contribution in [-0.2, 0) is 25.7 Å². The van der Waals surface area contributed by atoms with Crippen LogP contribution in [0.1, 0.15) is 85.0 Å². The van der Waals surface area contributed by atoms with E-state index in [0.717, 1.165) is 61.5 Å². The van der Waals surface area contributed by atoms with Gasteiger partial charge < -0.3 is 18.9 Å². The molecule has 0 amide bonds. The third-order valence-corrected chi connectivity index (χ3v) is 9.76. The highest BCUT2D eigenvalue weighted by molar-refractivity contribution is 5.90. The van der Waals surface area contributed by atoms with E-state index in [1.807, 2.05) is 0 Å². The first-order valence-corrected chi connectivity index (χ1v) is 16.3. The molecule has 0 atom stereocenters. The van der Waals surface area contributed by atoms with E-state index in [1.54, 1.807) is 28.4 Å². The maximum absolute atomic E-state index is 5.81. The Morgan fingerprint density at radius 3 is 0.761 bits per heavy atom. The van der Waals surface area contributed by atoms with Crippen molar-refractivity contribution in [1.29, 1.82) is 0 Å². The van der Waals surface area contributed by atoms with Gasteiger partial charge in [0.05, 0.1) is 28.4 Å². The molecule has 0 aliphatic heterocycles. The van der Waals surface area contributed by atoms with Gasteiger partial charge in [-0.05, 0) is 182 Å². The van der Waals surface area contributed by atoms with Crippen LogP contribution >= 0.6 is 0 Å². The first-order valence-electron chi connectivity index (χ1n) is 16.3. The fraction of sp³-hybridized carbons (Fsp3) is 0.333. The van der Waals surface area contributed by atoms with Crippen LogP contribution in [-0.4, -0.2) is 28.4 Å². The number of hydrogen-bond acceptors (Lipinski definition) is 4. The van der Waals surface area contributed by atoms with Crippen LogP contribution in [0.3, 0.4) is 0 Å². The molecule has 0 fully saturated rings. The zero-order chi connectivity index (χ0) is 32.8. The number of hydrogen-bond donors (Lipinski definition) is 0. The van der Waals surface area contributed by atoms with Crippen LogP contribution in [0, 0.1) is 0 Å². The number of fused-ring (bicyclic) bond motifs is 8. The summed E-state index contributed by atoms with van der Waals surface area (Å²) in [5, 5.41) is 0. The van der Waals surface area contributed by atoms with Crippen LogP contribution in [0.2, 0.25) is 0 Å². The molecule has 5 rings (SSSR count). The second kappa shape index (κ2) is 14.8. The van der Waals surface area contributed by atoms with Crippen molar-refractivity contribution in [2.45, 2.75) is 66.2 Å². The molecule has 0 unspecified atom stereocenters. The van der Waals surface area contributed by atoms with Crippen molar-refractivity contribution in [3.63, 3.8) is 0 Å². The maximum atomic E-state index is 5.81. The Labute approximate surface area is 275 Å². The smallest absolute Gasteiger partial charge is 0.122 e. The molecule has 1 aliphatic rings. The Morgan fingerprint density at radius 1 is 0.348 bits per heavy atom. The van der Waals surface area contributed by atoms with Gasteiger partial charge in [0.15, 0.2) is 0 Å². The van der Waals surface area contributed by atoms with E-state index in [0.29, 0.717) is 0 Å². The molecule has 4 aromatic carbocycles. The lowest BCUT2D eigenvalue weighted by molar-refractivity contribution is 0.406. The summed E-state index contributed by atoms with van der Waals surface area (Å²) in [6.07, 6.45) is 5.59. The standard InChI is InChI=1S/C42H48O4/c1-27-28(2)32-16-20-40(44-6)36(24-32)12-10-14-38-26-34(18-22-42(38)46-8)30(4)29(3)33-17-21-41(45-7)37(25-33)13-9-11-35-23-31(27)15-19-39(35)43-5/h15-26H,9-14H2,1-8H3/b28-27+,30-29+. The average molecular weight is 617 g/mol. The number of benzene rings is 4. The first-order chi connectivity index (χ1) is 22.3. The van der Waals surface area contributed by atoms with Crippen molar-refractivity contribution in [1.82, 2.24) is 0 Å². The lowest BCUT2D eigenvalue weighted by Crippen LogP contribution is -2.00. The maximum Gasteiger partial charge on any atom is 0.122 e. The molecule has 0 radical (unpaired) electrons. The molecular formula is C42H48O4. The largest absolute Gasteiger partial charge is 0.496 e. The summed E-state index contributed by atoms with van der Waals surface area (Å²) in [5.41, 5.74) is 14.8. The van der Waals surface area contributed by atoms with Crippen LogP contribution < -0.4 is 18.9 Å². The third kappa shape index (κ3) is 7.02. The van der Waals surface area contributed by atoms with Gasteiger partial charge in [0, 0.05) is 0 Å². The Balaban J connectivity index is 1.63. The lowest BCUT2D eigenvalue weighted by atomic mass is 9.91. The van der Waals surface area contributed by atoms with Crippen molar-refractivity contribution < 1.29 is 18.9 Å². The van der Waals surface area contributed by atoms with Gasteiger partial charge in [-0.25, -0.2) is 0 Å². The second-order valence-electron chi connectivity index (χ2n) is 12.3. The van der Waals surface area contributed by atoms with Gasteiger partial charge in [-0.15, -0.1) is 0 Å². The number of methoxy groups -OCH3 is 4. The molecular weight excluding hydrogens is 568 g/mol. The highest BCUT2D eigenvalue weighted by Gasteiger charge is 2.15. The van der Waals surface area contributed by atoms with Gasteiger partial charge in [0.25, 0.3) is 0 Å². The van der Waals surface area contributed by atoms with Gasteiger partial charge in [-0.2, -0.15) is 0 Å². The molecule has 0 saturated carbocycles. The zero-order valence-corrected chi connectivity index (χ0v) is 28.8. The molecule has 0 N–H and O–H groups in total. The summed E-state index contributed by atoms with van der Waals surface area (Å²) in [5.74, 6) is 3.74. The summed E-state index contributed by atoms with van der Waals surface area (Å²) < 4.78 is 23.2. The van der Waals surface area contributed by atoms with Crippen LogP contribution in [0.5, 0.6) is 23.0 Å². The van der Waals surface area contributed by atoms with Crippen molar-refractivity contribution in [2.24, 2.45) is 0 Å². The van der Waals surface area contributed by atoms with Crippen LogP contribution in [0.4, 0.5) is 0 Å². The molecule has 0 saturated heterocycles. The van der Waals surface area contributed by atoms with E-state index < -0.39 is 0 Å². The zero-order valence-electron chi connectivity index (χ0n) is 28.8. The minimum atomic E-state index is 0.909. The third-order valence-electron chi connectivity index (χ3n) is 9.76. The van der Waals surface area contributed by atoms with Crippen molar-refractivity contribution in [3.05, 3.63) is 117 Å². The SMILES string of the molecule is COc1ccc2cc1CCCc1cc(ccc1OC)/C(C)=C(\C)c1ccc(OC)c(c1)CCCc1cc(ccc1OC)/C(C)=C/2C. The minimum absolute atomic E-state index is 0.909. The molecule has 0 aromatic heterocycles. The normalized spacial score (nSPS) is 17.4.